The molecule has 0 fully saturated rings. The van der Waals surface area contributed by atoms with Gasteiger partial charge in [-0.15, -0.1) is 0 Å². The van der Waals surface area contributed by atoms with E-state index in [-0.39, 0.29) is 0 Å². The van der Waals surface area contributed by atoms with Crippen LogP contribution in [0.15, 0.2) is 6.07 Å². The third-order valence-electron chi connectivity index (χ3n) is 3.34. The molecule has 2 rings (SSSR count). The Balaban J connectivity index is 2.47. The molecule has 1 aliphatic rings. The molecule has 0 aromatic heterocycles. The number of aryl methyl sites for hydroxylation is 2. The molecule has 1 aromatic rings. The fourth-order valence-corrected chi connectivity index (χ4v) is 2.12. The van der Waals surface area contributed by atoms with Crippen LogP contribution in [0.2, 0.25) is 0 Å². The van der Waals surface area contributed by atoms with Crippen molar-refractivity contribution in [1.29, 1.82) is 0 Å². The monoisotopic (exact) mass is 205 g/mol. The van der Waals surface area contributed by atoms with Crippen LogP contribution < -0.4 is 4.74 Å². The Hall–Kier alpha value is -1.02. The van der Waals surface area contributed by atoms with Gasteiger partial charge in [0.25, 0.3) is 0 Å². The van der Waals surface area contributed by atoms with Crippen molar-refractivity contribution in [2.45, 2.75) is 34.2 Å². The largest absolute Gasteiger partial charge is 0.477 e. The Morgan fingerprint density at radius 2 is 2.00 bits per heavy atom. The maximum Gasteiger partial charge on any atom is 0.142 e. The Labute approximate surface area is 91.9 Å². The van der Waals surface area contributed by atoms with Gasteiger partial charge in [-0.2, -0.15) is 0 Å². The smallest absolute Gasteiger partial charge is 0.142 e. The molecule has 0 amide bonds. The van der Waals surface area contributed by atoms with E-state index in [1.54, 1.807) is 0 Å². The van der Waals surface area contributed by atoms with E-state index in [2.05, 4.69) is 38.7 Å². The number of nitrogens with zero attached hydrogens (tertiary/aromatic N) is 1. The lowest BCUT2D eigenvalue weighted by atomic mass is 9.98. The molecule has 0 spiro atoms. The van der Waals surface area contributed by atoms with Crippen LogP contribution in [-0.2, 0) is 6.54 Å². The highest BCUT2D eigenvalue weighted by atomic mass is 16.5. The van der Waals surface area contributed by atoms with Crippen LogP contribution >= 0.6 is 0 Å². The van der Waals surface area contributed by atoms with E-state index in [0.29, 0.717) is 0 Å². The normalized spacial score (nSPS) is 16.0. The highest BCUT2D eigenvalue weighted by Gasteiger charge is 2.20. The van der Waals surface area contributed by atoms with E-state index in [9.17, 15) is 0 Å². The van der Waals surface area contributed by atoms with Gasteiger partial charge in [-0.25, -0.2) is 0 Å². The van der Waals surface area contributed by atoms with Gasteiger partial charge < -0.3 is 4.74 Å². The molecular weight excluding hydrogens is 186 g/mol. The predicted octanol–water partition coefficient (Wildman–Crippen LogP) is 2.78. The molecule has 82 valence electrons. The summed E-state index contributed by atoms with van der Waals surface area (Å²) in [6.07, 6.45) is 0. The van der Waals surface area contributed by atoms with Crippen LogP contribution in [0.3, 0.4) is 0 Å². The summed E-state index contributed by atoms with van der Waals surface area (Å²) < 4.78 is 5.85. The minimum atomic E-state index is 0.729. The second kappa shape index (κ2) is 3.86. The van der Waals surface area contributed by atoms with Gasteiger partial charge in [0.15, 0.2) is 0 Å². The summed E-state index contributed by atoms with van der Waals surface area (Å²) in [5.74, 6) is 1.12. The summed E-state index contributed by atoms with van der Waals surface area (Å²) in [4.78, 5) is 2.31. The summed E-state index contributed by atoms with van der Waals surface area (Å²) in [6, 6.07) is 2.26. The molecule has 1 heterocycles. The first-order valence-electron chi connectivity index (χ1n) is 5.58. The molecule has 0 atom stereocenters. The van der Waals surface area contributed by atoms with Gasteiger partial charge >= 0.3 is 0 Å². The topological polar surface area (TPSA) is 12.5 Å². The second-order valence-electron chi connectivity index (χ2n) is 4.36. The van der Waals surface area contributed by atoms with Gasteiger partial charge in [0, 0.05) is 12.1 Å². The molecular formula is C13H19NO. The third kappa shape index (κ3) is 1.74. The molecule has 0 unspecified atom stereocenters. The van der Waals surface area contributed by atoms with E-state index < -0.39 is 0 Å². The summed E-state index contributed by atoms with van der Waals surface area (Å²) in [7, 11) is 0. The van der Waals surface area contributed by atoms with Crippen molar-refractivity contribution in [2.75, 3.05) is 13.3 Å². The van der Waals surface area contributed by atoms with Gasteiger partial charge in [0.05, 0.1) is 0 Å². The van der Waals surface area contributed by atoms with Crippen molar-refractivity contribution < 1.29 is 4.74 Å². The molecule has 0 aliphatic carbocycles. The molecule has 0 radical (unpaired) electrons. The summed E-state index contributed by atoms with van der Waals surface area (Å²) in [5, 5.41) is 0. The standard InChI is InChI=1S/C13H19NO/c1-5-14-7-12-10(3)6-9(2)11(4)13(12)15-8-14/h6H,5,7-8H2,1-4H3. The molecule has 15 heavy (non-hydrogen) atoms. The lowest BCUT2D eigenvalue weighted by Crippen LogP contribution is -2.32. The van der Waals surface area contributed by atoms with Gasteiger partial charge in [-0.05, 0) is 44.0 Å². The minimum absolute atomic E-state index is 0.729. The van der Waals surface area contributed by atoms with E-state index in [4.69, 9.17) is 4.74 Å². The second-order valence-corrected chi connectivity index (χ2v) is 4.36. The number of fused-ring (bicyclic) bond motifs is 1. The SMILES string of the molecule is CCN1COc2c(C)c(C)cc(C)c2C1. The molecule has 2 heteroatoms. The zero-order chi connectivity index (χ0) is 11.0. The molecule has 0 bridgehead atoms. The van der Waals surface area contributed by atoms with Gasteiger partial charge in [0.2, 0.25) is 0 Å². The van der Waals surface area contributed by atoms with Crippen LogP contribution in [0.1, 0.15) is 29.2 Å². The first kappa shape index (κ1) is 10.5. The molecule has 0 N–H and O–H groups in total. The number of hydrogen-bond donors (Lipinski definition) is 0. The summed E-state index contributed by atoms with van der Waals surface area (Å²) in [6.45, 7) is 11.4. The Kier molecular flexibility index (Phi) is 2.70. The highest BCUT2D eigenvalue weighted by molar-refractivity contribution is 5.50. The van der Waals surface area contributed by atoms with Crippen LogP contribution in [0.5, 0.6) is 5.75 Å². The van der Waals surface area contributed by atoms with Crippen LogP contribution in [0, 0.1) is 20.8 Å². The third-order valence-corrected chi connectivity index (χ3v) is 3.34. The predicted molar refractivity (Wildman–Crippen MR) is 62.2 cm³/mol. The van der Waals surface area contributed by atoms with E-state index in [0.717, 1.165) is 25.6 Å². The number of hydrogen-bond acceptors (Lipinski definition) is 2. The van der Waals surface area contributed by atoms with Gasteiger partial charge in [0.1, 0.15) is 12.5 Å². The van der Waals surface area contributed by atoms with Crippen LogP contribution in [0.4, 0.5) is 0 Å². The maximum absolute atomic E-state index is 5.85. The zero-order valence-electron chi connectivity index (χ0n) is 10.1. The first-order valence-corrected chi connectivity index (χ1v) is 5.58. The van der Waals surface area contributed by atoms with Crippen LogP contribution in [-0.4, -0.2) is 18.2 Å². The van der Waals surface area contributed by atoms with E-state index in [1.807, 2.05) is 0 Å². The lowest BCUT2D eigenvalue weighted by molar-refractivity contribution is 0.0996. The Bertz CT molecular complexity index is 385. The quantitative estimate of drug-likeness (QED) is 0.699. The summed E-state index contributed by atoms with van der Waals surface area (Å²) >= 11 is 0. The van der Waals surface area contributed by atoms with Crippen LogP contribution in [0.25, 0.3) is 0 Å². The van der Waals surface area contributed by atoms with E-state index in [1.165, 1.54) is 22.3 Å². The van der Waals surface area contributed by atoms with Crippen molar-refractivity contribution >= 4 is 0 Å². The highest BCUT2D eigenvalue weighted by Crippen LogP contribution is 2.33. The van der Waals surface area contributed by atoms with Gasteiger partial charge in [-0.3, -0.25) is 4.90 Å². The molecule has 1 aliphatic heterocycles. The number of rotatable bonds is 1. The van der Waals surface area contributed by atoms with Crippen molar-refractivity contribution in [3.8, 4) is 5.75 Å². The van der Waals surface area contributed by atoms with Crippen molar-refractivity contribution in [3.05, 3.63) is 28.3 Å². The Morgan fingerprint density at radius 1 is 1.27 bits per heavy atom. The maximum atomic E-state index is 5.85. The fraction of sp³-hybridized carbons (Fsp3) is 0.538. The molecule has 2 nitrogen and oxygen atoms in total. The van der Waals surface area contributed by atoms with Crippen molar-refractivity contribution in [3.63, 3.8) is 0 Å². The number of benzene rings is 1. The van der Waals surface area contributed by atoms with Crippen molar-refractivity contribution in [1.82, 2.24) is 4.90 Å². The zero-order valence-corrected chi connectivity index (χ0v) is 10.1. The van der Waals surface area contributed by atoms with Gasteiger partial charge in [-0.1, -0.05) is 13.0 Å². The van der Waals surface area contributed by atoms with Crippen molar-refractivity contribution in [2.24, 2.45) is 0 Å². The molecule has 0 saturated carbocycles. The average molecular weight is 205 g/mol. The lowest BCUT2D eigenvalue weighted by Gasteiger charge is -2.30. The number of ether oxygens (including phenoxy) is 1. The molecule has 0 saturated heterocycles. The molecule has 1 aromatic carbocycles. The first-order chi connectivity index (χ1) is 7.13. The average Bonchev–Trinajstić information content (AvgIpc) is 2.25. The minimum Gasteiger partial charge on any atom is -0.477 e. The summed E-state index contributed by atoms with van der Waals surface area (Å²) in [5.41, 5.74) is 5.35. The van der Waals surface area contributed by atoms with E-state index >= 15 is 0 Å². The fourth-order valence-electron chi connectivity index (χ4n) is 2.12. The Morgan fingerprint density at radius 3 is 2.67 bits per heavy atom.